The minimum atomic E-state index is -1.17. The summed E-state index contributed by atoms with van der Waals surface area (Å²) in [4.78, 5) is 24.7. The van der Waals surface area contributed by atoms with Crippen LogP contribution in [0.5, 0.6) is 11.5 Å². The molecule has 3 aromatic heterocycles. The first-order valence-corrected chi connectivity index (χ1v) is 14.9. The van der Waals surface area contributed by atoms with Gasteiger partial charge in [0.1, 0.15) is 34.7 Å². The highest BCUT2D eigenvalue weighted by Gasteiger charge is 2.31. The van der Waals surface area contributed by atoms with E-state index in [2.05, 4.69) is 4.57 Å². The number of aromatic hydroxyl groups is 1. The number of alkyl halides is 1. The Balaban J connectivity index is 1.36. The molecule has 1 aliphatic heterocycles. The van der Waals surface area contributed by atoms with Gasteiger partial charge in [-0.25, -0.2) is 18.7 Å². The van der Waals surface area contributed by atoms with Crippen molar-refractivity contribution in [2.24, 2.45) is 18.7 Å². The molecule has 3 N–H and O–H groups in total. The number of rotatable bonds is 6. The number of aromatic nitrogens is 4. The van der Waals surface area contributed by atoms with Gasteiger partial charge < -0.3 is 29.6 Å². The average Bonchev–Trinajstić information content (AvgIpc) is 3.67. The molecule has 1 amide bonds. The second-order valence-electron chi connectivity index (χ2n) is 11.8. The Morgan fingerprint density at radius 1 is 1.16 bits per heavy atom. The first-order valence-electron chi connectivity index (χ1n) is 14.5. The lowest BCUT2D eigenvalue weighted by atomic mass is 10.0. The third-order valence-electron chi connectivity index (χ3n) is 8.56. The molecule has 44 heavy (non-hydrogen) atoms. The molecule has 2 aromatic carbocycles. The molecule has 0 unspecified atom stereocenters. The number of hydrogen-bond acceptors (Lipinski definition) is 6. The van der Waals surface area contributed by atoms with Crippen LogP contribution in [0.25, 0.3) is 44.8 Å². The summed E-state index contributed by atoms with van der Waals surface area (Å²) in [6.45, 7) is 0.963. The number of hydrogen-bond donors (Lipinski definition) is 2. The zero-order valence-electron chi connectivity index (χ0n) is 24.2. The molecule has 9 nitrogen and oxygen atoms in total. The highest BCUT2D eigenvalue weighted by Crippen LogP contribution is 2.40. The van der Waals surface area contributed by atoms with Gasteiger partial charge in [-0.1, -0.05) is 11.6 Å². The van der Waals surface area contributed by atoms with Gasteiger partial charge in [0, 0.05) is 37.1 Å². The van der Waals surface area contributed by atoms with E-state index in [4.69, 9.17) is 32.0 Å². The van der Waals surface area contributed by atoms with E-state index in [1.807, 2.05) is 23.7 Å². The van der Waals surface area contributed by atoms with E-state index < -0.39 is 18.0 Å². The number of piperidine rings is 1. The summed E-state index contributed by atoms with van der Waals surface area (Å²) < 4.78 is 38.8. The Kier molecular flexibility index (Phi) is 6.97. The smallest absolute Gasteiger partial charge is 0.254 e. The van der Waals surface area contributed by atoms with Gasteiger partial charge in [0.2, 0.25) is 0 Å². The van der Waals surface area contributed by atoms with E-state index in [0.717, 1.165) is 23.9 Å². The number of nitrogens with zero attached hydrogens (tertiary/aromatic N) is 5. The lowest BCUT2D eigenvalue weighted by Crippen LogP contribution is -2.50. The lowest BCUT2D eigenvalue weighted by molar-refractivity contribution is 0.0606. The number of carbonyl (C=O) groups excluding carboxylic acids is 1. The monoisotopic (exact) mass is 620 g/mol. The van der Waals surface area contributed by atoms with Crippen molar-refractivity contribution in [1.29, 1.82) is 0 Å². The summed E-state index contributed by atoms with van der Waals surface area (Å²) in [5, 5.41) is 10.9. The largest absolute Gasteiger partial charge is 0.506 e. The summed E-state index contributed by atoms with van der Waals surface area (Å²) in [6.07, 6.45) is 1.25. The predicted molar refractivity (Wildman–Crippen MR) is 164 cm³/mol. The van der Waals surface area contributed by atoms with Crippen LogP contribution in [0.4, 0.5) is 8.78 Å². The number of benzene rings is 2. The highest BCUT2D eigenvalue weighted by atomic mass is 35.5. The summed E-state index contributed by atoms with van der Waals surface area (Å²) in [5.74, 6) is 0.435. The molecule has 12 heteroatoms. The van der Waals surface area contributed by atoms with Gasteiger partial charge >= 0.3 is 0 Å². The van der Waals surface area contributed by atoms with Crippen LogP contribution in [0.1, 0.15) is 29.6 Å². The Hall–Kier alpha value is -4.22. The van der Waals surface area contributed by atoms with Crippen molar-refractivity contribution >= 4 is 39.6 Å². The number of amides is 1. The van der Waals surface area contributed by atoms with Gasteiger partial charge in [-0.05, 0) is 67.6 Å². The number of carbonyl (C=O) groups is 1. The fourth-order valence-electron chi connectivity index (χ4n) is 6.21. The minimum Gasteiger partial charge on any atom is -0.506 e. The number of ether oxygens (including phenoxy) is 1. The van der Waals surface area contributed by atoms with Gasteiger partial charge in [-0.3, -0.25) is 4.79 Å². The maximum Gasteiger partial charge on any atom is 0.254 e. The standard InChI is InChI=1S/C32H31ClF2N6O3/c1-39-29-23(9-18(11-26(29)44-2)32(43)40-14-19(34)12-20(36)15-40)38-31(39)24-10-17-5-7-22(27-21(35)6-8-25(42)28(27)33)37-30(17)41(24)13-16-3-4-16/h5-11,16,19-20,42H,3-4,12-15,36H2,1-2H3/t19-,20-/m1/s1. The molecule has 0 spiro atoms. The summed E-state index contributed by atoms with van der Waals surface area (Å²) in [6, 6.07) is 10.8. The maximum atomic E-state index is 14.9. The molecule has 2 aliphatic rings. The fraction of sp³-hybridized carbons (Fsp3) is 0.344. The van der Waals surface area contributed by atoms with Crippen LogP contribution < -0.4 is 10.5 Å². The number of likely N-dealkylation sites (tertiary alicyclic amines) is 1. The lowest BCUT2D eigenvalue weighted by Gasteiger charge is -2.33. The quantitative estimate of drug-likeness (QED) is 0.253. The molecule has 2 fully saturated rings. The van der Waals surface area contributed by atoms with Crippen molar-refractivity contribution in [2.75, 3.05) is 20.2 Å². The first kappa shape index (κ1) is 28.5. The van der Waals surface area contributed by atoms with Gasteiger partial charge in [0.25, 0.3) is 5.91 Å². The summed E-state index contributed by atoms with van der Waals surface area (Å²) in [7, 11) is 3.41. The van der Waals surface area contributed by atoms with Crippen LogP contribution in [-0.2, 0) is 13.6 Å². The summed E-state index contributed by atoms with van der Waals surface area (Å²) >= 11 is 6.30. The number of nitrogens with two attached hydrogens (primary N) is 1. The first-order chi connectivity index (χ1) is 21.1. The molecule has 7 rings (SSSR count). The van der Waals surface area contributed by atoms with Crippen molar-refractivity contribution in [3.63, 3.8) is 0 Å². The third-order valence-corrected chi connectivity index (χ3v) is 8.94. The predicted octanol–water partition coefficient (Wildman–Crippen LogP) is 5.69. The van der Waals surface area contributed by atoms with Crippen molar-refractivity contribution < 1.29 is 23.4 Å². The van der Waals surface area contributed by atoms with E-state index in [9.17, 15) is 18.7 Å². The van der Waals surface area contributed by atoms with Crippen LogP contribution in [-0.4, -0.2) is 67.4 Å². The van der Waals surface area contributed by atoms with Crippen LogP contribution in [0.3, 0.4) is 0 Å². The SMILES string of the molecule is COc1cc(C(=O)N2C[C@H](N)C[C@@H](F)C2)cc2nc(-c3cc4ccc(-c5c(F)ccc(O)c5Cl)nc4n3CC3CC3)n(C)c12. The van der Waals surface area contributed by atoms with Gasteiger partial charge in [-0.2, -0.15) is 0 Å². The number of methoxy groups -OCH3 is 1. The number of halogens is 3. The normalized spacial score (nSPS) is 18.8. The topological polar surface area (TPSA) is 111 Å². The number of aryl methyl sites for hydroxylation is 1. The van der Waals surface area contributed by atoms with Gasteiger partial charge in [0.05, 0.1) is 41.1 Å². The van der Waals surface area contributed by atoms with Crippen molar-refractivity contribution in [2.45, 2.75) is 38.0 Å². The molecule has 4 heterocycles. The number of imidazole rings is 1. The fourth-order valence-corrected chi connectivity index (χ4v) is 6.46. The molecular weight excluding hydrogens is 590 g/mol. The van der Waals surface area contributed by atoms with Crippen molar-refractivity contribution in [3.05, 3.63) is 58.9 Å². The molecule has 0 radical (unpaired) electrons. The molecule has 0 bridgehead atoms. The van der Waals surface area contributed by atoms with E-state index in [0.29, 0.717) is 52.0 Å². The molecule has 2 atom stereocenters. The molecule has 1 aliphatic carbocycles. The van der Waals surface area contributed by atoms with Crippen LogP contribution in [0, 0.1) is 11.7 Å². The van der Waals surface area contributed by atoms with Crippen molar-refractivity contribution in [3.8, 4) is 34.3 Å². The minimum absolute atomic E-state index is 0.00563. The maximum absolute atomic E-state index is 14.9. The summed E-state index contributed by atoms with van der Waals surface area (Å²) in [5.41, 5.74) is 9.37. The Bertz CT molecular complexity index is 1940. The van der Waals surface area contributed by atoms with Crippen LogP contribution >= 0.6 is 11.6 Å². The Morgan fingerprint density at radius 3 is 2.68 bits per heavy atom. The van der Waals surface area contributed by atoms with E-state index in [1.165, 1.54) is 24.1 Å². The number of fused-ring (bicyclic) bond motifs is 2. The Labute approximate surface area is 256 Å². The zero-order valence-corrected chi connectivity index (χ0v) is 25.0. The molecule has 1 saturated heterocycles. The second kappa shape index (κ2) is 10.7. The molecular formula is C32H31ClF2N6O3. The highest BCUT2D eigenvalue weighted by molar-refractivity contribution is 6.34. The van der Waals surface area contributed by atoms with Crippen LogP contribution in [0.2, 0.25) is 5.02 Å². The molecule has 5 aromatic rings. The zero-order chi connectivity index (χ0) is 30.9. The molecule has 1 saturated carbocycles. The third kappa shape index (κ3) is 4.84. The van der Waals surface area contributed by atoms with Crippen LogP contribution in [0.15, 0.2) is 42.5 Å². The second-order valence-corrected chi connectivity index (χ2v) is 12.2. The van der Waals surface area contributed by atoms with E-state index in [-0.39, 0.29) is 41.8 Å². The number of phenolic OH excluding ortho intramolecular Hbond substituents is 1. The van der Waals surface area contributed by atoms with Crippen molar-refractivity contribution in [1.82, 2.24) is 24.0 Å². The van der Waals surface area contributed by atoms with Gasteiger partial charge in [-0.15, -0.1) is 0 Å². The number of pyridine rings is 1. The molecule has 228 valence electrons. The van der Waals surface area contributed by atoms with E-state index in [1.54, 1.807) is 18.2 Å². The van der Waals surface area contributed by atoms with E-state index >= 15 is 0 Å². The van der Waals surface area contributed by atoms with Gasteiger partial charge in [0.15, 0.2) is 5.82 Å². The Morgan fingerprint density at radius 2 is 1.95 bits per heavy atom. The average molecular weight is 621 g/mol. The number of phenols is 1.